The van der Waals surface area contributed by atoms with Crippen LogP contribution in [0.3, 0.4) is 0 Å². The SMILES string of the molecule is Cc1cc(NC(=O)CSCC(=O)NC(c2nc(-c3ncn[nH]3)no2)C(C)(C)C)no1. The number of nitrogens with zero attached hydrogens (tertiary/aromatic N) is 5. The molecule has 0 aliphatic heterocycles. The van der Waals surface area contributed by atoms with Gasteiger partial charge < -0.3 is 19.7 Å². The van der Waals surface area contributed by atoms with Crippen molar-refractivity contribution in [2.24, 2.45) is 5.41 Å². The van der Waals surface area contributed by atoms with Gasteiger partial charge in [-0.15, -0.1) is 11.8 Å². The fourth-order valence-electron chi connectivity index (χ4n) is 2.45. The monoisotopic (exact) mass is 434 g/mol. The van der Waals surface area contributed by atoms with E-state index in [0.29, 0.717) is 17.4 Å². The Kier molecular flexibility index (Phi) is 6.50. The number of thioether (sulfide) groups is 1. The highest BCUT2D eigenvalue weighted by atomic mass is 32.2. The molecule has 0 saturated carbocycles. The molecule has 3 heterocycles. The molecule has 3 N–H and O–H groups in total. The Morgan fingerprint density at radius 1 is 1.20 bits per heavy atom. The number of amides is 2. The van der Waals surface area contributed by atoms with Crippen LogP contribution in [0.5, 0.6) is 0 Å². The lowest BCUT2D eigenvalue weighted by Gasteiger charge is -2.28. The number of hydrogen-bond donors (Lipinski definition) is 3. The average Bonchev–Trinajstić information content (AvgIpc) is 3.40. The molecule has 0 radical (unpaired) electrons. The summed E-state index contributed by atoms with van der Waals surface area (Å²) >= 11 is 1.17. The number of rotatable bonds is 8. The predicted molar refractivity (Wildman–Crippen MR) is 107 cm³/mol. The van der Waals surface area contributed by atoms with Crippen LogP contribution in [0.2, 0.25) is 0 Å². The molecule has 160 valence electrons. The molecule has 3 rings (SSSR count). The van der Waals surface area contributed by atoms with Gasteiger partial charge >= 0.3 is 0 Å². The summed E-state index contributed by atoms with van der Waals surface area (Å²) in [6.07, 6.45) is 1.34. The van der Waals surface area contributed by atoms with Gasteiger partial charge in [0, 0.05) is 6.07 Å². The van der Waals surface area contributed by atoms with Crippen molar-refractivity contribution in [3.05, 3.63) is 24.0 Å². The Morgan fingerprint density at radius 3 is 2.60 bits per heavy atom. The molecule has 2 amide bonds. The second-order valence-electron chi connectivity index (χ2n) is 7.52. The Bertz CT molecular complexity index is 992. The lowest BCUT2D eigenvalue weighted by atomic mass is 9.86. The van der Waals surface area contributed by atoms with Gasteiger partial charge in [-0.3, -0.25) is 14.7 Å². The summed E-state index contributed by atoms with van der Waals surface area (Å²) < 4.78 is 10.2. The van der Waals surface area contributed by atoms with E-state index >= 15 is 0 Å². The number of aromatic amines is 1. The van der Waals surface area contributed by atoms with Crippen molar-refractivity contribution in [1.29, 1.82) is 0 Å². The van der Waals surface area contributed by atoms with Crippen molar-refractivity contribution < 1.29 is 18.6 Å². The number of carbonyl (C=O) groups excluding carboxylic acids is 2. The van der Waals surface area contributed by atoms with E-state index in [1.54, 1.807) is 13.0 Å². The summed E-state index contributed by atoms with van der Waals surface area (Å²) in [5.74, 6) is 1.45. The summed E-state index contributed by atoms with van der Waals surface area (Å²) in [5.41, 5.74) is -0.395. The van der Waals surface area contributed by atoms with Crippen LogP contribution in [-0.2, 0) is 9.59 Å². The van der Waals surface area contributed by atoms with Crippen LogP contribution < -0.4 is 10.6 Å². The van der Waals surface area contributed by atoms with Gasteiger partial charge in [-0.25, -0.2) is 4.98 Å². The molecule has 0 saturated heterocycles. The molecule has 13 heteroatoms. The van der Waals surface area contributed by atoms with E-state index < -0.39 is 11.5 Å². The first-order chi connectivity index (χ1) is 14.2. The minimum absolute atomic E-state index is 0.0843. The zero-order valence-electron chi connectivity index (χ0n) is 16.9. The highest BCUT2D eigenvalue weighted by Crippen LogP contribution is 2.32. The van der Waals surface area contributed by atoms with E-state index in [2.05, 4.69) is 41.1 Å². The van der Waals surface area contributed by atoms with Crippen molar-refractivity contribution >= 4 is 29.4 Å². The molecule has 30 heavy (non-hydrogen) atoms. The van der Waals surface area contributed by atoms with Gasteiger partial charge in [0.25, 0.3) is 0 Å². The minimum atomic E-state index is -0.526. The molecule has 1 unspecified atom stereocenters. The van der Waals surface area contributed by atoms with E-state index in [1.807, 2.05) is 20.8 Å². The number of hydrogen-bond acceptors (Lipinski definition) is 10. The van der Waals surface area contributed by atoms with Crippen LogP contribution in [0, 0.1) is 12.3 Å². The zero-order chi connectivity index (χ0) is 21.7. The van der Waals surface area contributed by atoms with Gasteiger partial charge in [0.2, 0.25) is 23.5 Å². The second-order valence-corrected chi connectivity index (χ2v) is 8.51. The van der Waals surface area contributed by atoms with Crippen molar-refractivity contribution in [1.82, 2.24) is 35.8 Å². The Labute approximate surface area is 176 Å². The highest BCUT2D eigenvalue weighted by Gasteiger charge is 2.33. The van der Waals surface area contributed by atoms with Gasteiger partial charge in [0.15, 0.2) is 11.6 Å². The number of aryl methyl sites for hydroxylation is 1. The van der Waals surface area contributed by atoms with E-state index in [1.165, 1.54) is 18.1 Å². The van der Waals surface area contributed by atoms with Gasteiger partial charge in [0.05, 0.1) is 11.5 Å². The Hall–Kier alpha value is -3.22. The number of H-pyrrole nitrogens is 1. The molecular weight excluding hydrogens is 412 g/mol. The maximum Gasteiger partial charge on any atom is 0.250 e. The summed E-state index contributed by atoms with van der Waals surface area (Å²) in [6, 6.07) is 1.09. The molecular formula is C17H22N8O4S. The number of anilines is 1. The molecule has 0 aliphatic carbocycles. The topological polar surface area (TPSA) is 165 Å². The summed E-state index contributed by atoms with van der Waals surface area (Å²) in [7, 11) is 0. The molecule has 0 fully saturated rings. The maximum atomic E-state index is 12.4. The molecule has 0 aliphatic rings. The summed E-state index contributed by atoms with van der Waals surface area (Å²) in [5, 5.41) is 19.5. The number of carbonyl (C=O) groups is 2. The first-order valence-electron chi connectivity index (χ1n) is 9.02. The fraction of sp³-hybridized carbons (Fsp3) is 0.471. The number of nitrogens with one attached hydrogen (secondary N) is 3. The lowest BCUT2D eigenvalue weighted by Crippen LogP contribution is -2.38. The standard InChI is InChI=1S/C17H22N8O4S/c1-9-5-10(24-28-9)20-11(26)6-30-7-12(27)21-13(17(2,3)4)16-22-15(25-29-16)14-18-8-19-23-14/h5,8,13H,6-7H2,1-4H3,(H,21,27)(H,18,19,23)(H,20,24,26). The third-order valence-electron chi connectivity index (χ3n) is 3.85. The molecule has 1 atom stereocenters. The van der Waals surface area contributed by atoms with Crippen LogP contribution in [-0.4, -0.2) is 53.8 Å². The molecule has 12 nitrogen and oxygen atoms in total. The summed E-state index contributed by atoms with van der Waals surface area (Å²) in [6.45, 7) is 7.55. The minimum Gasteiger partial charge on any atom is -0.360 e. The molecule has 0 aromatic carbocycles. The zero-order valence-corrected chi connectivity index (χ0v) is 17.7. The van der Waals surface area contributed by atoms with Crippen molar-refractivity contribution in [2.45, 2.75) is 33.7 Å². The van der Waals surface area contributed by atoms with Gasteiger partial charge in [-0.1, -0.05) is 31.1 Å². The molecule has 3 aromatic heterocycles. The largest absolute Gasteiger partial charge is 0.360 e. The number of aromatic nitrogens is 6. The Balaban J connectivity index is 1.53. The normalized spacial score (nSPS) is 12.5. The van der Waals surface area contributed by atoms with Crippen molar-refractivity contribution in [3.63, 3.8) is 0 Å². The second kappa shape index (κ2) is 9.07. The van der Waals surface area contributed by atoms with Crippen LogP contribution in [0.15, 0.2) is 21.4 Å². The molecule has 0 bridgehead atoms. The third kappa shape index (κ3) is 5.65. The van der Waals surface area contributed by atoms with Gasteiger partial charge in [-0.2, -0.15) is 10.1 Å². The smallest absolute Gasteiger partial charge is 0.250 e. The first kappa shape index (κ1) is 21.5. The molecule has 3 aromatic rings. The van der Waals surface area contributed by atoms with Gasteiger partial charge in [-0.05, 0) is 12.3 Å². The molecule has 0 spiro atoms. The quantitative estimate of drug-likeness (QED) is 0.475. The fourth-order valence-corrected chi connectivity index (χ4v) is 3.08. The van der Waals surface area contributed by atoms with Gasteiger partial charge in [0.1, 0.15) is 18.1 Å². The van der Waals surface area contributed by atoms with Crippen LogP contribution in [0.25, 0.3) is 11.6 Å². The van der Waals surface area contributed by atoms with Crippen LogP contribution in [0.1, 0.15) is 38.5 Å². The van der Waals surface area contributed by atoms with Crippen LogP contribution >= 0.6 is 11.8 Å². The van der Waals surface area contributed by atoms with E-state index in [-0.39, 0.29) is 35.0 Å². The first-order valence-corrected chi connectivity index (χ1v) is 10.2. The third-order valence-corrected chi connectivity index (χ3v) is 4.78. The average molecular weight is 434 g/mol. The van der Waals surface area contributed by atoms with Crippen molar-refractivity contribution in [2.75, 3.05) is 16.8 Å². The van der Waals surface area contributed by atoms with E-state index in [9.17, 15) is 9.59 Å². The Morgan fingerprint density at radius 2 is 1.97 bits per heavy atom. The predicted octanol–water partition coefficient (Wildman–Crippen LogP) is 1.73. The van der Waals surface area contributed by atoms with E-state index in [4.69, 9.17) is 9.05 Å². The highest BCUT2D eigenvalue weighted by molar-refractivity contribution is 8.00. The summed E-state index contributed by atoms with van der Waals surface area (Å²) in [4.78, 5) is 32.7. The van der Waals surface area contributed by atoms with E-state index in [0.717, 1.165) is 0 Å². The van der Waals surface area contributed by atoms with Crippen molar-refractivity contribution in [3.8, 4) is 11.6 Å². The lowest BCUT2D eigenvalue weighted by molar-refractivity contribution is -0.120. The maximum absolute atomic E-state index is 12.4. The van der Waals surface area contributed by atoms with Crippen LogP contribution in [0.4, 0.5) is 5.82 Å².